The van der Waals surface area contributed by atoms with Gasteiger partial charge in [0.25, 0.3) is 6.02 Å². The summed E-state index contributed by atoms with van der Waals surface area (Å²) in [4.78, 5) is 5.71. The van der Waals surface area contributed by atoms with E-state index in [4.69, 9.17) is 37.2 Å². The van der Waals surface area contributed by atoms with Crippen molar-refractivity contribution < 1.29 is 14.2 Å². The third kappa shape index (κ3) is 3.58. The molecule has 1 spiro atoms. The normalized spacial score (nSPS) is 21.3. The number of thiocarbonyl (C=S) groups is 1. The van der Waals surface area contributed by atoms with Crippen molar-refractivity contribution >= 4 is 28.7 Å². The van der Waals surface area contributed by atoms with Crippen LogP contribution in [0.5, 0.6) is 17.2 Å². The second-order valence-electron chi connectivity index (χ2n) is 9.56. The van der Waals surface area contributed by atoms with Crippen LogP contribution in [0.15, 0.2) is 59.6 Å². The van der Waals surface area contributed by atoms with Crippen LogP contribution in [-0.2, 0) is 10.3 Å². The van der Waals surface area contributed by atoms with E-state index in [1.54, 1.807) is 0 Å². The summed E-state index contributed by atoms with van der Waals surface area (Å²) in [5, 5.41) is 0. The maximum atomic E-state index is 6.28. The van der Waals surface area contributed by atoms with Gasteiger partial charge in [-0.1, -0.05) is 57.3 Å². The minimum atomic E-state index is -0.795. The zero-order valence-corrected chi connectivity index (χ0v) is 19.3. The molecule has 2 aromatic carbocycles. The van der Waals surface area contributed by atoms with Crippen LogP contribution in [0.25, 0.3) is 5.57 Å². The van der Waals surface area contributed by atoms with Crippen molar-refractivity contribution in [3.8, 4) is 17.2 Å². The lowest BCUT2D eigenvalue weighted by Crippen LogP contribution is -2.31. The summed E-state index contributed by atoms with van der Waals surface area (Å²) in [7, 11) is 0. The molecule has 5 nitrogen and oxygen atoms in total. The van der Waals surface area contributed by atoms with E-state index >= 15 is 0 Å². The predicted octanol–water partition coefficient (Wildman–Crippen LogP) is 5.52. The molecule has 6 heteroatoms. The van der Waals surface area contributed by atoms with E-state index in [-0.39, 0.29) is 11.4 Å². The zero-order chi connectivity index (χ0) is 22.5. The Balaban J connectivity index is 1.62. The lowest BCUT2D eigenvalue weighted by atomic mass is 9.80. The molecular weight excluding hydrogens is 420 g/mol. The van der Waals surface area contributed by atoms with Gasteiger partial charge in [0.1, 0.15) is 23.9 Å². The second kappa shape index (κ2) is 7.48. The molecule has 2 aromatic rings. The molecule has 2 N–H and O–H groups in total. The summed E-state index contributed by atoms with van der Waals surface area (Å²) in [5.41, 5.74) is 9.15. The molecule has 32 heavy (non-hydrogen) atoms. The van der Waals surface area contributed by atoms with Gasteiger partial charge in [0.05, 0.1) is 6.61 Å². The van der Waals surface area contributed by atoms with E-state index in [0.717, 1.165) is 50.8 Å². The van der Waals surface area contributed by atoms with Crippen molar-refractivity contribution in [2.45, 2.75) is 32.7 Å². The number of amidine groups is 1. The number of ether oxygens (including phenoxy) is 3. The van der Waals surface area contributed by atoms with Crippen LogP contribution < -0.4 is 15.2 Å². The average Bonchev–Trinajstić information content (AvgIpc) is 3.15. The monoisotopic (exact) mass is 446 g/mol. The van der Waals surface area contributed by atoms with E-state index in [0.29, 0.717) is 13.2 Å². The first-order valence-electron chi connectivity index (χ1n) is 10.7. The molecule has 1 aliphatic carbocycles. The van der Waals surface area contributed by atoms with E-state index in [1.165, 1.54) is 0 Å². The lowest BCUT2D eigenvalue weighted by Gasteiger charge is -2.34. The van der Waals surface area contributed by atoms with E-state index in [2.05, 4.69) is 39.0 Å². The smallest absolute Gasteiger partial charge is 0.283 e. The Hall–Kier alpha value is -3.12. The van der Waals surface area contributed by atoms with Crippen molar-refractivity contribution in [2.24, 2.45) is 16.1 Å². The van der Waals surface area contributed by atoms with Crippen molar-refractivity contribution in [3.05, 3.63) is 71.3 Å². The molecule has 3 aliphatic rings. The van der Waals surface area contributed by atoms with Crippen molar-refractivity contribution in [1.82, 2.24) is 0 Å². The molecule has 0 saturated carbocycles. The molecule has 2 heterocycles. The highest BCUT2D eigenvalue weighted by Crippen LogP contribution is 2.52. The van der Waals surface area contributed by atoms with Gasteiger partial charge < -0.3 is 19.9 Å². The molecule has 0 amide bonds. The van der Waals surface area contributed by atoms with Gasteiger partial charge in [0, 0.05) is 22.4 Å². The van der Waals surface area contributed by atoms with Gasteiger partial charge in [0.2, 0.25) is 0 Å². The Labute approximate surface area is 193 Å². The van der Waals surface area contributed by atoms with Crippen LogP contribution in [0, 0.1) is 5.41 Å². The Morgan fingerprint density at radius 1 is 1.12 bits per heavy atom. The lowest BCUT2D eigenvalue weighted by molar-refractivity contribution is 0.197. The highest BCUT2D eigenvalue weighted by Gasteiger charge is 2.47. The number of fused-ring (bicyclic) bond motifs is 4. The summed E-state index contributed by atoms with van der Waals surface area (Å²) < 4.78 is 18.1. The first-order valence-corrected chi connectivity index (χ1v) is 11.1. The first kappa shape index (κ1) is 20.8. The van der Waals surface area contributed by atoms with Gasteiger partial charge >= 0.3 is 0 Å². The van der Waals surface area contributed by atoms with E-state index < -0.39 is 5.54 Å². The molecule has 0 bridgehead atoms. The molecular formula is C26H26N2O3S. The average molecular weight is 447 g/mol. The molecule has 0 fully saturated rings. The SMILES string of the molecule is CC(C)(C)COc1ccc2c(c1)[C@]1(COC(N)=N1)c1cc(C3=CC=CCC3=S)ccc1O2. The second-order valence-corrected chi connectivity index (χ2v) is 10.0. The number of hydrogen-bond donors (Lipinski definition) is 1. The van der Waals surface area contributed by atoms with Crippen LogP contribution in [0.3, 0.4) is 0 Å². The molecule has 2 aliphatic heterocycles. The summed E-state index contributed by atoms with van der Waals surface area (Å²) >= 11 is 5.61. The molecule has 0 unspecified atom stereocenters. The Kier molecular flexibility index (Phi) is 4.86. The summed E-state index contributed by atoms with van der Waals surface area (Å²) in [6.07, 6.45) is 6.93. The molecule has 0 saturated heterocycles. The highest BCUT2D eigenvalue weighted by molar-refractivity contribution is 7.81. The minimum absolute atomic E-state index is 0.0469. The first-order chi connectivity index (χ1) is 15.2. The summed E-state index contributed by atoms with van der Waals surface area (Å²) in [5.74, 6) is 2.23. The molecule has 164 valence electrons. The number of nitrogens with two attached hydrogens (primary N) is 1. The number of benzene rings is 2. The third-order valence-corrected chi connectivity index (χ3v) is 6.14. The van der Waals surface area contributed by atoms with Crippen LogP contribution in [0.4, 0.5) is 0 Å². The Bertz CT molecular complexity index is 1210. The topological polar surface area (TPSA) is 66.1 Å². The molecule has 1 atom stereocenters. The fourth-order valence-electron chi connectivity index (χ4n) is 4.19. The zero-order valence-electron chi connectivity index (χ0n) is 18.5. The largest absolute Gasteiger partial charge is 0.493 e. The Morgan fingerprint density at radius 3 is 2.56 bits per heavy atom. The molecule has 0 aromatic heterocycles. The quantitative estimate of drug-likeness (QED) is 0.629. The highest BCUT2D eigenvalue weighted by atomic mass is 32.1. The Morgan fingerprint density at radius 2 is 1.88 bits per heavy atom. The van der Waals surface area contributed by atoms with Crippen LogP contribution in [0.1, 0.15) is 43.9 Å². The van der Waals surface area contributed by atoms with E-state index in [1.807, 2.05) is 36.4 Å². The van der Waals surface area contributed by atoms with Crippen LogP contribution in [-0.4, -0.2) is 24.1 Å². The number of hydrogen-bond acceptors (Lipinski definition) is 6. The van der Waals surface area contributed by atoms with Crippen LogP contribution >= 0.6 is 12.2 Å². The predicted molar refractivity (Wildman–Crippen MR) is 131 cm³/mol. The number of aliphatic imine (C=N–C) groups is 1. The number of nitrogens with zero attached hydrogens (tertiary/aromatic N) is 1. The fourth-order valence-corrected chi connectivity index (χ4v) is 4.47. The van der Waals surface area contributed by atoms with Crippen molar-refractivity contribution in [2.75, 3.05) is 13.2 Å². The minimum Gasteiger partial charge on any atom is -0.493 e. The molecule has 5 rings (SSSR count). The van der Waals surface area contributed by atoms with Crippen molar-refractivity contribution in [1.29, 1.82) is 0 Å². The molecule has 0 radical (unpaired) electrons. The number of allylic oxidation sites excluding steroid dienone is 4. The standard InChI is InChI=1S/C26H26N2O3S/c1-25(2,3)14-29-17-9-11-22-20(13-17)26(15-30-24(27)28-26)19-12-16(8-10-21(19)31-22)18-6-4-5-7-23(18)32/h4-6,8-13H,7,14-15H2,1-3H3,(H2,27,28)/t26-/m0/s1. The van der Waals surface area contributed by atoms with Crippen molar-refractivity contribution in [3.63, 3.8) is 0 Å². The number of rotatable bonds is 3. The fraction of sp³-hybridized carbons (Fsp3) is 0.308. The van der Waals surface area contributed by atoms with Gasteiger partial charge in [-0.05, 0) is 46.9 Å². The summed E-state index contributed by atoms with van der Waals surface area (Å²) in [6.45, 7) is 7.33. The summed E-state index contributed by atoms with van der Waals surface area (Å²) in [6, 6.07) is 12.1. The maximum Gasteiger partial charge on any atom is 0.283 e. The van der Waals surface area contributed by atoms with Gasteiger partial charge in [0.15, 0.2) is 5.54 Å². The van der Waals surface area contributed by atoms with Gasteiger partial charge in [-0.3, -0.25) is 0 Å². The van der Waals surface area contributed by atoms with Crippen LogP contribution in [0.2, 0.25) is 0 Å². The third-order valence-electron chi connectivity index (χ3n) is 5.76. The van der Waals surface area contributed by atoms with Gasteiger partial charge in [-0.15, -0.1) is 0 Å². The van der Waals surface area contributed by atoms with Gasteiger partial charge in [-0.2, -0.15) is 0 Å². The van der Waals surface area contributed by atoms with Gasteiger partial charge in [-0.25, -0.2) is 4.99 Å². The van der Waals surface area contributed by atoms with E-state index in [9.17, 15) is 0 Å². The maximum absolute atomic E-state index is 6.28.